The van der Waals surface area contributed by atoms with Gasteiger partial charge in [-0.3, -0.25) is 5.10 Å². The molecule has 1 aromatic heterocycles. The quantitative estimate of drug-likeness (QED) is 0.809. The first kappa shape index (κ1) is 17.9. The molecular formula is C17H24N4O3S. The molecular weight excluding hydrogens is 340 g/mol. The van der Waals surface area contributed by atoms with Gasteiger partial charge in [0, 0.05) is 25.3 Å². The number of ether oxygens (including phenoxy) is 1. The highest BCUT2D eigenvalue weighted by molar-refractivity contribution is 7.89. The minimum absolute atomic E-state index is 0.246. The number of aryl methyl sites for hydroxylation is 2. The van der Waals surface area contributed by atoms with Crippen LogP contribution in [0.3, 0.4) is 0 Å². The number of morpholine rings is 1. The zero-order valence-corrected chi connectivity index (χ0v) is 15.4. The van der Waals surface area contributed by atoms with Crippen LogP contribution in [0.1, 0.15) is 17.0 Å². The zero-order chi connectivity index (χ0) is 17.9. The Labute approximate surface area is 148 Å². The van der Waals surface area contributed by atoms with Gasteiger partial charge in [-0.25, -0.2) is 13.1 Å². The van der Waals surface area contributed by atoms with E-state index in [2.05, 4.69) is 32.0 Å². The first-order valence-corrected chi connectivity index (χ1v) is 9.88. The van der Waals surface area contributed by atoms with Gasteiger partial charge in [-0.2, -0.15) is 5.10 Å². The van der Waals surface area contributed by atoms with Crippen molar-refractivity contribution in [2.45, 2.75) is 25.2 Å². The monoisotopic (exact) mass is 364 g/mol. The number of nitrogens with zero attached hydrogens (tertiary/aromatic N) is 2. The Morgan fingerprint density at radius 2 is 1.88 bits per heavy atom. The second kappa shape index (κ2) is 7.55. The van der Waals surface area contributed by atoms with Crippen molar-refractivity contribution in [3.05, 3.63) is 41.2 Å². The van der Waals surface area contributed by atoms with Crippen molar-refractivity contribution >= 4 is 15.7 Å². The standard InChI is InChI=1S/C17H24N4O3S/c1-13-17(14(2)20-19-13)25(22,23)18-8-7-15-3-5-16(6-4-15)21-9-11-24-12-10-21/h3-6,18H,7-12H2,1-2H3,(H,19,20). The lowest BCUT2D eigenvalue weighted by Gasteiger charge is -2.28. The van der Waals surface area contributed by atoms with Crippen LogP contribution < -0.4 is 9.62 Å². The number of aromatic amines is 1. The molecule has 1 saturated heterocycles. The molecule has 3 rings (SSSR count). The second-order valence-electron chi connectivity index (χ2n) is 6.18. The molecule has 2 heterocycles. The maximum atomic E-state index is 12.4. The SMILES string of the molecule is Cc1n[nH]c(C)c1S(=O)(=O)NCCc1ccc(N2CCOCC2)cc1. The maximum absolute atomic E-state index is 12.4. The number of hydrogen-bond donors (Lipinski definition) is 2. The van der Waals surface area contributed by atoms with Crippen molar-refractivity contribution in [3.8, 4) is 0 Å². The van der Waals surface area contributed by atoms with E-state index in [9.17, 15) is 8.42 Å². The molecule has 2 N–H and O–H groups in total. The molecule has 7 nitrogen and oxygen atoms in total. The third kappa shape index (κ3) is 4.20. The summed E-state index contributed by atoms with van der Waals surface area (Å²) in [5.41, 5.74) is 3.32. The fourth-order valence-electron chi connectivity index (χ4n) is 3.03. The van der Waals surface area contributed by atoms with Crippen LogP contribution in [0, 0.1) is 13.8 Å². The van der Waals surface area contributed by atoms with Crippen LogP contribution in [0.15, 0.2) is 29.2 Å². The molecule has 0 aliphatic carbocycles. The van der Waals surface area contributed by atoms with Crippen LogP contribution in [0.2, 0.25) is 0 Å². The molecule has 25 heavy (non-hydrogen) atoms. The number of nitrogens with one attached hydrogen (secondary N) is 2. The Bertz CT molecular complexity index is 789. The Balaban J connectivity index is 1.57. The molecule has 136 valence electrons. The molecule has 1 aromatic carbocycles. The van der Waals surface area contributed by atoms with E-state index in [0.29, 0.717) is 24.4 Å². The van der Waals surface area contributed by atoms with Gasteiger partial charge in [-0.1, -0.05) is 12.1 Å². The second-order valence-corrected chi connectivity index (χ2v) is 7.88. The molecule has 2 aromatic rings. The fourth-order valence-corrected chi connectivity index (χ4v) is 4.43. The molecule has 1 fully saturated rings. The predicted octanol–water partition coefficient (Wildman–Crippen LogP) is 1.38. The van der Waals surface area contributed by atoms with Crippen LogP contribution in [0.5, 0.6) is 0 Å². The molecule has 0 bridgehead atoms. The minimum Gasteiger partial charge on any atom is -0.378 e. The summed E-state index contributed by atoms with van der Waals surface area (Å²) >= 11 is 0. The zero-order valence-electron chi connectivity index (χ0n) is 14.6. The van der Waals surface area contributed by atoms with Crippen molar-refractivity contribution in [2.75, 3.05) is 37.7 Å². The summed E-state index contributed by atoms with van der Waals surface area (Å²) in [6.07, 6.45) is 0.637. The molecule has 0 atom stereocenters. The van der Waals surface area contributed by atoms with Gasteiger partial charge in [-0.15, -0.1) is 0 Å². The fraction of sp³-hybridized carbons (Fsp3) is 0.471. The minimum atomic E-state index is -3.54. The van der Waals surface area contributed by atoms with Gasteiger partial charge < -0.3 is 9.64 Å². The molecule has 0 amide bonds. The first-order chi connectivity index (χ1) is 12.0. The number of benzene rings is 1. The van der Waals surface area contributed by atoms with E-state index in [4.69, 9.17) is 4.74 Å². The van der Waals surface area contributed by atoms with Crippen LogP contribution >= 0.6 is 0 Å². The van der Waals surface area contributed by atoms with Gasteiger partial charge >= 0.3 is 0 Å². The first-order valence-electron chi connectivity index (χ1n) is 8.40. The highest BCUT2D eigenvalue weighted by Gasteiger charge is 2.21. The van der Waals surface area contributed by atoms with Crippen molar-refractivity contribution < 1.29 is 13.2 Å². The van der Waals surface area contributed by atoms with Crippen LogP contribution in [-0.2, 0) is 21.2 Å². The maximum Gasteiger partial charge on any atom is 0.244 e. The number of hydrogen-bond acceptors (Lipinski definition) is 5. The van der Waals surface area contributed by atoms with Crippen LogP contribution in [0.25, 0.3) is 0 Å². The number of aromatic nitrogens is 2. The Kier molecular flexibility index (Phi) is 5.41. The van der Waals surface area contributed by atoms with Gasteiger partial charge in [0.15, 0.2) is 0 Å². The number of anilines is 1. The van der Waals surface area contributed by atoms with Crippen LogP contribution in [0.4, 0.5) is 5.69 Å². The summed E-state index contributed by atoms with van der Waals surface area (Å²) in [4.78, 5) is 2.54. The summed E-state index contributed by atoms with van der Waals surface area (Å²) in [5, 5.41) is 6.65. The summed E-state index contributed by atoms with van der Waals surface area (Å²) < 4.78 is 32.8. The Morgan fingerprint density at radius 3 is 2.48 bits per heavy atom. The van der Waals surface area contributed by atoms with E-state index < -0.39 is 10.0 Å². The summed E-state index contributed by atoms with van der Waals surface area (Å²) in [5.74, 6) is 0. The average molecular weight is 364 g/mol. The van der Waals surface area contributed by atoms with Gasteiger partial charge in [0.1, 0.15) is 4.90 Å². The van der Waals surface area contributed by atoms with Crippen molar-refractivity contribution in [3.63, 3.8) is 0 Å². The van der Waals surface area contributed by atoms with Gasteiger partial charge in [-0.05, 0) is 38.0 Å². The number of rotatable bonds is 6. The molecule has 1 aliphatic heterocycles. The number of sulfonamides is 1. The van der Waals surface area contributed by atoms with E-state index in [-0.39, 0.29) is 4.90 Å². The van der Waals surface area contributed by atoms with Gasteiger partial charge in [0.2, 0.25) is 10.0 Å². The van der Waals surface area contributed by atoms with Gasteiger partial charge in [0.25, 0.3) is 0 Å². The topological polar surface area (TPSA) is 87.3 Å². The average Bonchev–Trinajstić information content (AvgIpc) is 2.95. The lowest BCUT2D eigenvalue weighted by molar-refractivity contribution is 0.122. The molecule has 8 heteroatoms. The summed E-state index contributed by atoms with van der Waals surface area (Å²) in [6.45, 7) is 7.07. The lowest BCUT2D eigenvalue weighted by atomic mass is 10.1. The van der Waals surface area contributed by atoms with E-state index in [1.807, 2.05) is 12.1 Å². The third-order valence-electron chi connectivity index (χ3n) is 4.35. The van der Waals surface area contributed by atoms with E-state index >= 15 is 0 Å². The van der Waals surface area contributed by atoms with Crippen molar-refractivity contribution in [2.24, 2.45) is 0 Å². The summed E-state index contributed by atoms with van der Waals surface area (Å²) in [7, 11) is -3.54. The van der Waals surface area contributed by atoms with E-state index in [1.54, 1.807) is 13.8 Å². The predicted molar refractivity (Wildman–Crippen MR) is 96.4 cm³/mol. The highest BCUT2D eigenvalue weighted by Crippen LogP contribution is 2.18. The number of H-pyrrole nitrogens is 1. The Morgan fingerprint density at radius 1 is 1.20 bits per heavy atom. The Hall–Kier alpha value is -1.90. The van der Waals surface area contributed by atoms with E-state index in [0.717, 1.165) is 31.9 Å². The third-order valence-corrected chi connectivity index (χ3v) is 6.07. The summed E-state index contributed by atoms with van der Waals surface area (Å²) in [6, 6.07) is 8.26. The highest BCUT2D eigenvalue weighted by atomic mass is 32.2. The molecule has 0 spiro atoms. The van der Waals surface area contributed by atoms with Gasteiger partial charge in [0.05, 0.1) is 24.6 Å². The van der Waals surface area contributed by atoms with E-state index in [1.165, 1.54) is 5.69 Å². The van der Waals surface area contributed by atoms with Crippen molar-refractivity contribution in [1.82, 2.24) is 14.9 Å². The molecule has 0 radical (unpaired) electrons. The largest absolute Gasteiger partial charge is 0.378 e. The molecule has 0 saturated carbocycles. The van der Waals surface area contributed by atoms with Crippen molar-refractivity contribution in [1.29, 1.82) is 0 Å². The molecule has 0 unspecified atom stereocenters. The lowest BCUT2D eigenvalue weighted by Crippen LogP contribution is -2.36. The smallest absolute Gasteiger partial charge is 0.244 e. The van der Waals surface area contributed by atoms with Crippen LogP contribution in [-0.4, -0.2) is 51.5 Å². The normalized spacial score (nSPS) is 15.5. The molecule has 1 aliphatic rings.